The number of amides is 2. The first kappa shape index (κ1) is 24.3. The lowest BCUT2D eigenvalue weighted by Crippen LogP contribution is -2.20. The summed E-state index contributed by atoms with van der Waals surface area (Å²) in [5.41, 5.74) is 9.49. The van der Waals surface area contributed by atoms with E-state index in [0.29, 0.717) is 27.5 Å². The van der Waals surface area contributed by atoms with E-state index in [1.54, 1.807) is 0 Å². The molecule has 0 fully saturated rings. The number of ether oxygens (including phenoxy) is 1. The van der Waals surface area contributed by atoms with Gasteiger partial charge in [-0.25, -0.2) is 0 Å². The largest absolute Gasteiger partial charge is 0.486 e. The Morgan fingerprint density at radius 3 is 2.82 bits per heavy atom. The third-order valence-electron chi connectivity index (χ3n) is 6.11. The van der Waals surface area contributed by atoms with Gasteiger partial charge in [-0.1, -0.05) is 24.8 Å². The number of nitrogens with two attached hydrogens (primary N) is 1. The van der Waals surface area contributed by atoms with Gasteiger partial charge in [-0.05, 0) is 67.9 Å². The first-order valence-corrected chi connectivity index (χ1v) is 13.0. The van der Waals surface area contributed by atoms with Crippen molar-refractivity contribution in [2.75, 3.05) is 11.1 Å². The fraction of sp³-hybridized carbons (Fsp3) is 0.417. The van der Waals surface area contributed by atoms with Crippen molar-refractivity contribution in [2.45, 2.75) is 51.8 Å². The summed E-state index contributed by atoms with van der Waals surface area (Å²) in [4.78, 5) is 25.9. The van der Waals surface area contributed by atoms with Crippen LogP contribution in [0.1, 0.15) is 51.1 Å². The van der Waals surface area contributed by atoms with Gasteiger partial charge in [0, 0.05) is 11.9 Å². The molecule has 0 saturated heterocycles. The van der Waals surface area contributed by atoms with E-state index in [0.717, 1.165) is 35.5 Å². The molecular formula is C24H29N5O3S2. The van der Waals surface area contributed by atoms with Crippen molar-refractivity contribution in [3.05, 3.63) is 51.2 Å². The standard InChI is InChI=1S/C24H29N5O3S2/c1-13-5-8-17-18(9-13)34-23(21(17)22(25)31)26-20(30)12-33-24-28-27-19(29(24)4)11-32-16-7-6-14(2)15(3)10-16/h6-7,10,13H,5,8-9,11-12H2,1-4H3,(H2,25,31)(H,26,30). The van der Waals surface area contributed by atoms with Crippen LogP contribution in [0.5, 0.6) is 5.75 Å². The summed E-state index contributed by atoms with van der Waals surface area (Å²) in [6.45, 7) is 6.58. The molecule has 2 heterocycles. The van der Waals surface area contributed by atoms with Crippen molar-refractivity contribution in [3.8, 4) is 5.75 Å². The van der Waals surface area contributed by atoms with Gasteiger partial charge in [0.05, 0.1) is 11.3 Å². The molecule has 180 valence electrons. The Bertz CT molecular complexity index is 1230. The summed E-state index contributed by atoms with van der Waals surface area (Å²) in [6.07, 6.45) is 2.76. The number of benzene rings is 1. The Morgan fingerprint density at radius 1 is 1.29 bits per heavy atom. The molecule has 0 saturated carbocycles. The molecule has 1 aromatic carbocycles. The van der Waals surface area contributed by atoms with Crippen molar-refractivity contribution >= 4 is 39.9 Å². The number of fused-ring (bicyclic) bond motifs is 1. The monoisotopic (exact) mass is 499 g/mol. The minimum absolute atomic E-state index is 0.140. The maximum Gasteiger partial charge on any atom is 0.251 e. The number of thioether (sulfide) groups is 1. The summed E-state index contributed by atoms with van der Waals surface area (Å²) < 4.78 is 7.67. The highest BCUT2D eigenvalue weighted by atomic mass is 32.2. The predicted molar refractivity (Wildman–Crippen MR) is 135 cm³/mol. The topological polar surface area (TPSA) is 112 Å². The molecule has 0 radical (unpaired) electrons. The van der Waals surface area contributed by atoms with Gasteiger partial charge in [0.2, 0.25) is 5.91 Å². The maximum atomic E-state index is 12.7. The van der Waals surface area contributed by atoms with Crippen LogP contribution in [0.4, 0.5) is 5.00 Å². The van der Waals surface area contributed by atoms with Gasteiger partial charge in [-0.15, -0.1) is 21.5 Å². The predicted octanol–water partition coefficient (Wildman–Crippen LogP) is 4.03. The molecule has 2 aromatic heterocycles. The van der Waals surface area contributed by atoms with Crippen molar-refractivity contribution in [3.63, 3.8) is 0 Å². The summed E-state index contributed by atoms with van der Waals surface area (Å²) >= 11 is 2.75. The van der Waals surface area contributed by atoms with E-state index in [9.17, 15) is 9.59 Å². The van der Waals surface area contributed by atoms with E-state index in [1.807, 2.05) is 36.7 Å². The lowest BCUT2D eigenvalue weighted by Gasteiger charge is -2.18. The van der Waals surface area contributed by atoms with E-state index < -0.39 is 5.91 Å². The van der Waals surface area contributed by atoms with Crippen LogP contribution in [0.15, 0.2) is 23.4 Å². The highest BCUT2D eigenvalue weighted by Crippen LogP contribution is 2.39. The van der Waals surface area contributed by atoms with Gasteiger partial charge < -0.3 is 20.4 Å². The van der Waals surface area contributed by atoms with Crippen LogP contribution in [-0.4, -0.2) is 32.3 Å². The Labute approximate surface area is 207 Å². The average Bonchev–Trinajstić information content (AvgIpc) is 3.32. The van der Waals surface area contributed by atoms with Crippen LogP contribution in [0.2, 0.25) is 0 Å². The number of nitrogens with one attached hydrogen (secondary N) is 1. The molecule has 34 heavy (non-hydrogen) atoms. The molecule has 4 rings (SSSR count). The molecule has 8 nitrogen and oxygen atoms in total. The Hall–Kier alpha value is -2.85. The smallest absolute Gasteiger partial charge is 0.251 e. The van der Waals surface area contributed by atoms with Crippen molar-refractivity contribution in [1.82, 2.24) is 14.8 Å². The summed E-state index contributed by atoms with van der Waals surface area (Å²) in [5.74, 6) is 1.44. The number of aryl methyl sites for hydroxylation is 2. The van der Waals surface area contributed by atoms with Gasteiger partial charge in [0.1, 0.15) is 17.4 Å². The molecule has 1 aliphatic rings. The molecule has 3 aromatic rings. The Morgan fingerprint density at radius 2 is 2.09 bits per heavy atom. The van der Waals surface area contributed by atoms with Gasteiger partial charge in [-0.3, -0.25) is 9.59 Å². The minimum atomic E-state index is -0.489. The number of thiophene rings is 1. The SMILES string of the molecule is Cc1ccc(OCc2nnc(SCC(=O)Nc3sc4c(c3C(N)=O)CCC(C)C4)n2C)cc1C. The molecule has 1 atom stereocenters. The molecule has 0 bridgehead atoms. The molecule has 3 N–H and O–H groups in total. The van der Waals surface area contributed by atoms with Crippen molar-refractivity contribution < 1.29 is 14.3 Å². The third-order valence-corrected chi connectivity index (χ3v) is 8.30. The van der Waals surface area contributed by atoms with E-state index in [-0.39, 0.29) is 18.3 Å². The van der Waals surface area contributed by atoms with E-state index >= 15 is 0 Å². The number of hydrogen-bond donors (Lipinski definition) is 2. The van der Waals surface area contributed by atoms with E-state index in [1.165, 1.54) is 34.2 Å². The number of rotatable bonds is 8. The number of hydrogen-bond acceptors (Lipinski definition) is 7. The molecule has 0 aliphatic heterocycles. The Kier molecular flexibility index (Phi) is 7.27. The van der Waals surface area contributed by atoms with Gasteiger partial charge in [-0.2, -0.15) is 0 Å². The number of carbonyl (C=O) groups excluding carboxylic acids is 2. The quantitative estimate of drug-likeness (QED) is 0.453. The van der Waals surface area contributed by atoms with Crippen LogP contribution in [-0.2, 0) is 31.3 Å². The molecular weight excluding hydrogens is 470 g/mol. The fourth-order valence-corrected chi connectivity index (χ4v) is 6.10. The molecule has 2 amide bonds. The fourth-order valence-electron chi connectivity index (χ4n) is 3.94. The lowest BCUT2D eigenvalue weighted by atomic mass is 9.88. The van der Waals surface area contributed by atoms with Crippen LogP contribution in [0.3, 0.4) is 0 Å². The normalized spacial score (nSPS) is 15.1. The minimum Gasteiger partial charge on any atom is -0.486 e. The maximum absolute atomic E-state index is 12.7. The van der Waals surface area contributed by atoms with Crippen molar-refractivity contribution in [1.29, 1.82) is 0 Å². The van der Waals surface area contributed by atoms with Crippen LogP contribution >= 0.6 is 23.1 Å². The lowest BCUT2D eigenvalue weighted by molar-refractivity contribution is -0.113. The highest BCUT2D eigenvalue weighted by Gasteiger charge is 2.27. The molecule has 1 aliphatic carbocycles. The van der Waals surface area contributed by atoms with Crippen LogP contribution < -0.4 is 15.8 Å². The summed E-state index contributed by atoms with van der Waals surface area (Å²) in [7, 11) is 1.85. The number of nitrogens with zero attached hydrogens (tertiary/aromatic N) is 3. The summed E-state index contributed by atoms with van der Waals surface area (Å²) in [5, 5.41) is 12.4. The number of aromatic nitrogens is 3. The van der Waals surface area contributed by atoms with Gasteiger partial charge >= 0.3 is 0 Å². The number of carbonyl (C=O) groups is 2. The van der Waals surface area contributed by atoms with Crippen LogP contribution in [0.25, 0.3) is 0 Å². The van der Waals surface area contributed by atoms with Crippen molar-refractivity contribution in [2.24, 2.45) is 18.7 Å². The number of primary amides is 1. The average molecular weight is 500 g/mol. The molecule has 1 unspecified atom stereocenters. The third kappa shape index (κ3) is 5.28. The Balaban J connectivity index is 1.36. The van der Waals surface area contributed by atoms with Gasteiger partial charge in [0.15, 0.2) is 11.0 Å². The molecule has 0 spiro atoms. The zero-order valence-electron chi connectivity index (χ0n) is 19.8. The second-order valence-electron chi connectivity index (χ2n) is 8.75. The number of anilines is 1. The van der Waals surface area contributed by atoms with E-state index in [4.69, 9.17) is 10.5 Å². The highest BCUT2D eigenvalue weighted by molar-refractivity contribution is 7.99. The first-order chi connectivity index (χ1) is 16.2. The summed E-state index contributed by atoms with van der Waals surface area (Å²) in [6, 6.07) is 5.95. The van der Waals surface area contributed by atoms with Gasteiger partial charge in [0.25, 0.3) is 5.91 Å². The second-order valence-corrected chi connectivity index (χ2v) is 10.8. The second kappa shape index (κ2) is 10.2. The zero-order chi connectivity index (χ0) is 24.4. The zero-order valence-corrected chi connectivity index (χ0v) is 21.4. The van der Waals surface area contributed by atoms with Crippen LogP contribution in [0, 0.1) is 19.8 Å². The van der Waals surface area contributed by atoms with E-state index in [2.05, 4.69) is 29.4 Å². The first-order valence-electron chi connectivity index (χ1n) is 11.2. The molecule has 10 heteroatoms.